The maximum atomic E-state index is 12.7. The van der Waals surface area contributed by atoms with E-state index in [1.165, 1.54) is 10.4 Å². The molecule has 7 nitrogen and oxygen atoms in total. The zero-order chi connectivity index (χ0) is 23.3. The van der Waals surface area contributed by atoms with Gasteiger partial charge in [0.1, 0.15) is 6.04 Å². The van der Waals surface area contributed by atoms with Crippen molar-refractivity contribution < 1.29 is 18.0 Å². The second-order valence-corrected chi connectivity index (χ2v) is 10.4. The Kier molecular flexibility index (Phi) is 8.16. The van der Waals surface area contributed by atoms with Gasteiger partial charge in [0.2, 0.25) is 15.9 Å². The minimum Gasteiger partial charge on any atom is -0.354 e. The average molecular weight is 498 g/mol. The molecule has 3 rings (SSSR count). The second-order valence-electron chi connectivity index (χ2n) is 7.70. The Labute approximate surface area is 198 Å². The highest BCUT2D eigenvalue weighted by atomic mass is 35.5. The van der Waals surface area contributed by atoms with Crippen molar-refractivity contribution in [2.45, 2.75) is 30.7 Å². The number of nitrogens with zero attached hydrogens (tertiary/aromatic N) is 1. The largest absolute Gasteiger partial charge is 0.354 e. The summed E-state index contributed by atoms with van der Waals surface area (Å²) in [6.07, 6.45) is 1.29. The molecule has 1 aliphatic rings. The number of sulfonamides is 1. The van der Waals surface area contributed by atoms with E-state index in [1.54, 1.807) is 49.4 Å². The first-order chi connectivity index (χ1) is 15.2. The molecular formula is C22H25Cl2N3O4S. The van der Waals surface area contributed by atoms with Crippen LogP contribution in [0.5, 0.6) is 0 Å². The van der Waals surface area contributed by atoms with Crippen molar-refractivity contribution in [3.63, 3.8) is 0 Å². The third-order valence-electron chi connectivity index (χ3n) is 5.46. The summed E-state index contributed by atoms with van der Waals surface area (Å²) >= 11 is 12.0. The van der Waals surface area contributed by atoms with Gasteiger partial charge in [0.05, 0.1) is 20.5 Å². The first-order valence-electron chi connectivity index (χ1n) is 10.3. The van der Waals surface area contributed by atoms with Crippen LogP contribution in [-0.4, -0.2) is 50.2 Å². The molecular weight excluding hydrogens is 473 g/mol. The highest BCUT2D eigenvalue weighted by Gasteiger charge is 2.29. The number of piperidine rings is 1. The van der Waals surface area contributed by atoms with Crippen molar-refractivity contribution in [3.8, 4) is 0 Å². The third-order valence-corrected chi connectivity index (χ3v) is 8.19. The monoisotopic (exact) mass is 497 g/mol. The molecule has 0 radical (unpaired) electrons. The Morgan fingerprint density at radius 3 is 2.38 bits per heavy atom. The van der Waals surface area contributed by atoms with Gasteiger partial charge in [-0.15, -0.1) is 0 Å². The molecule has 2 aromatic rings. The maximum Gasteiger partial charge on any atom is 0.253 e. The van der Waals surface area contributed by atoms with Gasteiger partial charge in [-0.2, -0.15) is 4.31 Å². The van der Waals surface area contributed by atoms with E-state index in [0.717, 1.165) is 0 Å². The van der Waals surface area contributed by atoms with Crippen molar-refractivity contribution in [1.29, 1.82) is 0 Å². The number of rotatable bonds is 7. The molecule has 1 unspecified atom stereocenters. The Hall–Kier alpha value is -2.13. The summed E-state index contributed by atoms with van der Waals surface area (Å²) in [7, 11) is -3.50. The molecule has 0 aromatic heterocycles. The second kappa shape index (κ2) is 10.7. The SMILES string of the molecule is CC(NC(=O)c1cccc(Cl)c1Cl)C(=O)NCC1CCN(S(=O)(=O)c2ccccc2)CC1. The van der Waals surface area contributed by atoms with Crippen molar-refractivity contribution in [2.75, 3.05) is 19.6 Å². The van der Waals surface area contributed by atoms with Crippen molar-refractivity contribution >= 4 is 45.0 Å². The van der Waals surface area contributed by atoms with Crippen LogP contribution in [0.2, 0.25) is 10.0 Å². The normalized spacial score (nSPS) is 16.3. The van der Waals surface area contributed by atoms with Gasteiger partial charge in [-0.3, -0.25) is 9.59 Å². The summed E-state index contributed by atoms with van der Waals surface area (Å²) < 4.78 is 26.9. The lowest BCUT2D eigenvalue weighted by atomic mass is 9.98. The number of carbonyl (C=O) groups is 2. The number of halogens is 2. The van der Waals surface area contributed by atoms with E-state index in [9.17, 15) is 18.0 Å². The fraction of sp³-hybridized carbons (Fsp3) is 0.364. The standard InChI is InChI=1S/C22H25Cl2N3O4S/c1-15(26-22(29)18-8-5-9-19(23)20(18)24)21(28)25-14-16-10-12-27(13-11-16)32(30,31)17-6-3-2-4-7-17/h2-9,15-16H,10-14H2,1H3,(H,25,28)(H,26,29). The summed E-state index contributed by atoms with van der Waals surface area (Å²) in [5, 5.41) is 5.85. The maximum absolute atomic E-state index is 12.7. The average Bonchev–Trinajstić information content (AvgIpc) is 2.80. The number of carbonyl (C=O) groups excluding carboxylic acids is 2. The molecule has 10 heteroatoms. The molecule has 0 saturated carbocycles. The minimum atomic E-state index is -3.50. The Morgan fingerprint density at radius 1 is 1.06 bits per heavy atom. The molecule has 172 valence electrons. The molecule has 0 aliphatic carbocycles. The van der Waals surface area contributed by atoms with E-state index in [1.807, 2.05) is 0 Å². The molecule has 0 spiro atoms. The fourth-order valence-electron chi connectivity index (χ4n) is 3.51. The van der Waals surface area contributed by atoms with E-state index in [0.29, 0.717) is 32.5 Å². The summed E-state index contributed by atoms with van der Waals surface area (Å²) in [6.45, 7) is 2.80. The van der Waals surface area contributed by atoms with E-state index in [2.05, 4.69) is 10.6 Å². The topological polar surface area (TPSA) is 95.6 Å². The van der Waals surface area contributed by atoms with Gasteiger partial charge in [0.15, 0.2) is 0 Å². The molecule has 1 fully saturated rings. The van der Waals surface area contributed by atoms with E-state index >= 15 is 0 Å². The highest BCUT2D eigenvalue weighted by molar-refractivity contribution is 7.89. The van der Waals surface area contributed by atoms with Gasteiger partial charge in [-0.05, 0) is 49.9 Å². The molecule has 0 bridgehead atoms. The summed E-state index contributed by atoms with van der Waals surface area (Å²) in [5.74, 6) is -0.651. The minimum absolute atomic E-state index is 0.136. The van der Waals surface area contributed by atoms with Crippen LogP contribution in [0.15, 0.2) is 53.4 Å². The lowest BCUT2D eigenvalue weighted by Gasteiger charge is -2.31. The highest BCUT2D eigenvalue weighted by Crippen LogP contribution is 2.26. The van der Waals surface area contributed by atoms with Crippen LogP contribution < -0.4 is 10.6 Å². The van der Waals surface area contributed by atoms with Crippen LogP contribution in [0.3, 0.4) is 0 Å². The molecule has 1 aliphatic heterocycles. The Bertz CT molecular complexity index is 1070. The predicted octanol–water partition coefficient (Wildman–Crippen LogP) is 3.33. The molecule has 2 N–H and O–H groups in total. The smallest absolute Gasteiger partial charge is 0.253 e. The van der Waals surface area contributed by atoms with E-state index in [-0.39, 0.29) is 32.3 Å². The molecule has 2 aromatic carbocycles. The lowest BCUT2D eigenvalue weighted by Crippen LogP contribution is -2.47. The summed E-state index contributed by atoms with van der Waals surface area (Å²) in [4.78, 5) is 25.1. The van der Waals surface area contributed by atoms with Crippen molar-refractivity contribution in [1.82, 2.24) is 14.9 Å². The molecule has 1 saturated heterocycles. The molecule has 2 amide bonds. The Balaban J connectivity index is 1.46. The van der Waals surface area contributed by atoms with Gasteiger partial charge in [-0.25, -0.2) is 8.42 Å². The van der Waals surface area contributed by atoms with E-state index < -0.39 is 22.0 Å². The van der Waals surface area contributed by atoms with Crippen LogP contribution in [0, 0.1) is 5.92 Å². The lowest BCUT2D eigenvalue weighted by molar-refractivity contribution is -0.122. The number of nitrogens with one attached hydrogen (secondary N) is 2. The molecule has 1 heterocycles. The van der Waals surface area contributed by atoms with Crippen molar-refractivity contribution in [2.24, 2.45) is 5.92 Å². The number of hydrogen-bond acceptors (Lipinski definition) is 4. The fourth-order valence-corrected chi connectivity index (χ4v) is 5.39. The van der Waals surface area contributed by atoms with Crippen LogP contribution in [0.4, 0.5) is 0 Å². The first kappa shape index (κ1) is 24.5. The van der Waals surface area contributed by atoms with Gasteiger partial charge in [-0.1, -0.05) is 47.5 Å². The zero-order valence-corrected chi connectivity index (χ0v) is 19.9. The van der Waals surface area contributed by atoms with Crippen LogP contribution in [0.1, 0.15) is 30.1 Å². The number of hydrogen-bond donors (Lipinski definition) is 2. The van der Waals surface area contributed by atoms with Gasteiger partial charge in [0, 0.05) is 19.6 Å². The zero-order valence-electron chi connectivity index (χ0n) is 17.6. The Morgan fingerprint density at radius 2 is 1.72 bits per heavy atom. The van der Waals surface area contributed by atoms with Gasteiger partial charge >= 0.3 is 0 Å². The quantitative estimate of drug-likeness (QED) is 0.612. The van der Waals surface area contributed by atoms with Crippen LogP contribution in [0.25, 0.3) is 0 Å². The third kappa shape index (κ3) is 5.81. The summed E-state index contributed by atoms with van der Waals surface area (Å²) in [5.41, 5.74) is 0.200. The number of amides is 2. The predicted molar refractivity (Wildman–Crippen MR) is 124 cm³/mol. The molecule has 1 atom stereocenters. The van der Waals surface area contributed by atoms with Gasteiger partial charge in [0.25, 0.3) is 5.91 Å². The molecule has 32 heavy (non-hydrogen) atoms. The number of benzene rings is 2. The van der Waals surface area contributed by atoms with Crippen LogP contribution in [-0.2, 0) is 14.8 Å². The van der Waals surface area contributed by atoms with E-state index in [4.69, 9.17) is 23.2 Å². The summed E-state index contributed by atoms with van der Waals surface area (Å²) in [6, 6.07) is 12.3. The van der Waals surface area contributed by atoms with Crippen LogP contribution >= 0.6 is 23.2 Å². The first-order valence-corrected chi connectivity index (χ1v) is 12.5. The van der Waals surface area contributed by atoms with Gasteiger partial charge < -0.3 is 10.6 Å². The van der Waals surface area contributed by atoms with Crippen molar-refractivity contribution in [3.05, 3.63) is 64.1 Å².